The van der Waals surface area contributed by atoms with E-state index in [-0.39, 0.29) is 5.56 Å². The summed E-state index contributed by atoms with van der Waals surface area (Å²) in [7, 11) is 0. The van der Waals surface area contributed by atoms with E-state index in [1.807, 2.05) is 30.5 Å². The van der Waals surface area contributed by atoms with Crippen molar-refractivity contribution < 1.29 is 0 Å². The Balaban J connectivity index is 1.86. The van der Waals surface area contributed by atoms with Crippen molar-refractivity contribution in [3.63, 3.8) is 0 Å². The molecule has 2 heterocycles. The third-order valence-corrected chi connectivity index (χ3v) is 5.02. The van der Waals surface area contributed by atoms with Crippen molar-refractivity contribution in [1.82, 2.24) is 9.97 Å². The average molecular weight is 385 g/mol. The fraction of sp³-hybridized carbons (Fsp3) is 0.143. The highest BCUT2D eigenvalue weighted by molar-refractivity contribution is 9.10. The van der Waals surface area contributed by atoms with Crippen molar-refractivity contribution >= 4 is 54.8 Å². The molecule has 0 aliphatic carbocycles. The van der Waals surface area contributed by atoms with Gasteiger partial charge in [-0.05, 0) is 52.0 Å². The van der Waals surface area contributed by atoms with Gasteiger partial charge >= 0.3 is 0 Å². The maximum absolute atomic E-state index is 11.9. The van der Waals surface area contributed by atoms with Gasteiger partial charge in [-0.1, -0.05) is 11.6 Å². The number of aromatic amines is 1. The molecule has 4 nitrogen and oxygen atoms in total. The summed E-state index contributed by atoms with van der Waals surface area (Å²) in [5.74, 6) is 0.592. The molecule has 0 unspecified atom stereocenters. The number of nitrogens with one attached hydrogen (secondary N) is 2. The number of H-pyrrole nitrogens is 1. The van der Waals surface area contributed by atoms with Crippen LogP contribution in [0.25, 0.3) is 10.2 Å². The summed E-state index contributed by atoms with van der Waals surface area (Å²) in [5.41, 5.74) is 2.48. The van der Waals surface area contributed by atoms with Crippen molar-refractivity contribution in [2.45, 2.75) is 13.5 Å². The van der Waals surface area contributed by atoms with E-state index in [1.165, 1.54) is 11.3 Å². The van der Waals surface area contributed by atoms with Gasteiger partial charge in [0.2, 0.25) is 0 Å². The van der Waals surface area contributed by atoms with Crippen LogP contribution in [0.15, 0.2) is 32.8 Å². The van der Waals surface area contributed by atoms with E-state index in [0.29, 0.717) is 22.1 Å². The number of halogens is 2. The lowest BCUT2D eigenvalue weighted by Crippen LogP contribution is -2.13. The summed E-state index contributed by atoms with van der Waals surface area (Å²) in [6.45, 7) is 2.36. The molecule has 21 heavy (non-hydrogen) atoms. The molecule has 0 atom stereocenters. The van der Waals surface area contributed by atoms with Crippen LogP contribution >= 0.6 is 38.9 Å². The number of aryl methyl sites for hydroxylation is 1. The third-order valence-electron chi connectivity index (χ3n) is 3.06. The van der Waals surface area contributed by atoms with Crippen LogP contribution in [0, 0.1) is 6.92 Å². The summed E-state index contributed by atoms with van der Waals surface area (Å²) in [4.78, 5) is 19.1. The molecule has 2 aromatic heterocycles. The Labute approximate surface area is 138 Å². The first kappa shape index (κ1) is 14.6. The first-order valence-electron chi connectivity index (χ1n) is 6.20. The summed E-state index contributed by atoms with van der Waals surface area (Å²) in [6, 6.07) is 5.64. The van der Waals surface area contributed by atoms with Gasteiger partial charge in [-0.15, -0.1) is 11.3 Å². The molecule has 0 saturated carbocycles. The lowest BCUT2D eigenvalue weighted by molar-refractivity contribution is 0.955. The molecule has 0 amide bonds. The molecule has 0 aliphatic rings. The zero-order chi connectivity index (χ0) is 15.0. The molecule has 0 aliphatic heterocycles. The Morgan fingerprint density at radius 3 is 3.10 bits per heavy atom. The summed E-state index contributed by atoms with van der Waals surface area (Å²) < 4.78 is 1.57. The number of anilines is 1. The van der Waals surface area contributed by atoms with Crippen LogP contribution in [0.1, 0.15) is 11.4 Å². The normalized spacial score (nSPS) is 11.0. The number of thiophene rings is 1. The van der Waals surface area contributed by atoms with Crippen molar-refractivity contribution in [3.8, 4) is 0 Å². The van der Waals surface area contributed by atoms with E-state index >= 15 is 0 Å². The predicted molar refractivity (Wildman–Crippen MR) is 91.5 cm³/mol. The van der Waals surface area contributed by atoms with Gasteiger partial charge in [0, 0.05) is 9.50 Å². The minimum absolute atomic E-state index is 0.104. The number of rotatable bonds is 3. The molecular weight excluding hydrogens is 374 g/mol. The van der Waals surface area contributed by atoms with Crippen molar-refractivity contribution in [2.24, 2.45) is 0 Å². The van der Waals surface area contributed by atoms with E-state index in [1.54, 1.807) is 0 Å². The van der Waals surface area contributed by atoms with E-state index in [2.05, 4.69) is 31.2 Å². The van der Waals surface area contributed by atoms with Gasteiger partial charge in [-0.3, -0.25) is 4.79 Å². The monoisotopic (exact) mass is 383 g/mol. The van der Waals surface area contributed by atoms with Crippen LogP contribution in [0.5, 0.6) is 0 Å². The molecule has 0 radical (unpaired) electrons. The molecule has 7 heteroatoms. The van der Waals surface area contributed by atoms with E-state index < -0.39 is 0 Å². The molecule has 108 valence electrons. The highest BCUT2D eigenvalue weighted by Crippen LogP contribution is 2.29. The van der Waals surface area contributed by atoms with Gasteiger partial charge in [0.25, 0.3) is 5.56 Å². The summed E-state index contributed by atoms with van der Waals surface area (Å²) in [6.07, 6.45) is 0. The zero-order valence-electron chi connectivity index (χ0n) is 11.0. The molecule has 2 N–H and O–H groups in total. The maximum Gasteiger partial charge on any atom is 0.268 e. The van der Waals surface area contributed by atoms with Crippen molar-refractivity contribution in [1.29, 1.82) is 0 Å². The third kappa shape index (κ3) is 2.97. The molecule has 0 bridgehead atoms. The molecule has 0 spiro atoms. The largest absolute Gasteiger partial charge is 0.377 e. The Kier molecular flexibility index (Phi) is 4.01. The molecule has 1 aromatic carbocycles. The van der Waals surface area contributed by atoms with Gasteiger partial charge in [-0.25, -0.2) is 4.98 Å². The Bertz CT molecular complexity index is 874. The summed E-state index contributed by atoms with van der Waals surface area (Å²) in [5, 5.41) is 5.77. The second kappa shape index (κ2) is 5.79. The fourth-order valence-corrected chi connectivity index (χ4v) is 3.45. The van der Waals surface area contributed by atoms with Crippen LogP contribution in [0.3, 0.4) is 0 Å². The zero-order valence-corrected chi connectivity index (χ0v) is 14.2. The number of fused-ring (bicyclic) bond motifs is 1. The topological polar surface area (TPSA) is 57.8 Å². The number of aromatic nitrogens is 2. The quantitative estimate of drug-likeness (QED) is 0.707. The maximum atomic E-state index is 11.9. The van der Waals surface area contributed by atoms with Crippen molar-refractivity contribution in [2.75, 3.05) is 5.32 Å². The van der Waals surface area contributed by atoms with Gasteiger partial charge in [0.05, 0.1) is 17.7 Å². The fourth-order valence-electron chi connectivity index (χ4n) is 1.97. The van der Waals surface area contributed by atoms with Gasteiger partial charge in [-0.2, -0.15) is 0 Å². The first-order chi connectivity index (χ1) is 10.0. The summed E-state index contributed by atoms with van der Waals surface area (Å²) >= 11 is 11.0. The lowest BCUT2D eigenvalue weighted by Gasteiger charge is -2.10. The lowest BCUT2D eigenvalue weighted by atomic mass is 10.2. The Morgan fingerprint density at radius 2 is 2.29 bits per heavy atom. The molecule has 3 aromatic rings. The smallest absolute Gasteiger partial charge is 0.268 e. The van der Waals surface area contributed by atoms with Crippen LogP contribution in [-0.4, -0.2) is 9.97 Å². The van der Waals surface area contributed by atoms with E-state index in [0.717, 1.165) is 21.2 Å². The van der Waals surface area contributed by atoms with Crippen LogP contribution in [0.4, 0.5) is 5.69 Å². The highest BCUT2D eigenvalue weighted by atomic mass is 79.9. The van der Waals surface area contributed by atoms with Crippen LogP contribution in [0.2, 0.25) is 5.02 Å². The minimum Gasteiger partial charge on any atom is -0.377 e. The SMILES string of the molecule is Cc1cc(Br)c(NCc2nc3ccsc3c(=O)[nH]2)cc1Cl. The van der Waals surface area contributed by atoms with Gasteiger partial charge in [0.15, 0.2) is 0 Å². The second-order valence-electron chi connectivity index (χ2n) is 4.58. The van der Waals surface area contributed by atoms with Crippen LogP contribution < -0.4 is 10.9 Å². The Morgan fingerprint density at radius 1 is 1.48 bits per heavy atom. The van der Waals surface area contributed by atoms with Crippen molar-refractivity contribution in [3.05, 3.63) is 54.8 Å². The highest BCUT2D eigenvalue weighted by Gasteiger charge is 2.07. The molecule has 0 saturated heterocycles. The number of nitrogens with zero attached hydrogens (tertiary/aromatic N) is 1. The standard InChI is InChI=1S/C14H11BrClN3OS/c1-7-4-8(15)11(5-9(7)16)17-6-12-18-10-2-3-21-13(10)14(20)19-12/h2-5,17H,6H2,1H3,(H,18,19,20). The number of hydrogen-bond acceptors (Lipinski definition) is 4. The average Bonchev–Trinajstić information content (AvgIpc) is 2.90. The van der Waals surface area contributed by atoms with E-state index in [9.17, 15) is 4.79 Å². The Hall–Kier alpha value is -1.37. The predicted octanol–water partition coefficient (Wildman–Crippen LogP) is 4.32. The molecular formula is C14H11BrClN3OS. The number of benzene rings is 1. The van der Waals surface area contributed by atoms with E-state index in [4.69, 9.17) is 11.6 Å². The second-order valence-corrected chi connectivity index (χ2v) is 6.76. The first-order valence-corrected chi connectivity index (χ1v) is 8.25. The number of hydrogen-bond donors (Lipinski definition) is 2. The molecule has 3 rings (SSSR count). The van der Waals surface area contributed by atoms with Gasteiger partial charge < -0.3 is 10.3 Å². The van der Waals surface area contributed by atoms with Crippen LogP contribution in [-0.2, 0) is 6.54 Å². The molecule has 0 fully saturated rings. The van der Waals surface area contributed by atoms with Gasteiger partial charge in [0.1, 0.15) is 10.5 Å². The minimum atomic E-state index is -0.104.